The Morgan fingerprint density at radius 2 is 2.05 bits per heavy atom. The molecule has 0 aliphatic heterocycles. The van der Waals surface area contributed by atoms with Crippen LogP contribution in [0.25, 0.3) is 10.9 Å². The van der Waals surface area contributed by atoms with Crippen molar-refractivity contribution in [2.24, 2.45) is 5.41 Å². The molecule has 2 aromatic rings. The SMILES string of the molecule is CC(C)(CO)CNCc1cc2ccccc2[nH]c1=O. The predicted molar refractivity (Wildman–Crippen MR) is 77.1 cm³/mol. The zero-order chi connectivity index (χ0) is 13.9. The van der Waals surface area contributed by atoms with E-state index in [1.54, 1.807) is 0 Å². The van der Waals surface area contributed by atoms with E-state index in [-0.39, 0.29) is 17.6 Å². The van der Waals surface area contributed by atoms with E-state index in [0.717, 1.165) is 10.9 Å². The number of benzene rings is 1. The number of H-pyrrole nitrogens is 1. The van der Waals surface area contributed by atoms with Crippen molar-refractivity contribution < 1.29 is 5.11 Å². The molecule has 0 fully saturated rings. The van der Waals surface area contributed by atoms with Gasteiger partial charge in [0.05, 0.1) is 0 Å². The Bertz CT molecular complexity index is 617. The predicted octanol–water partition coefficient (Wildman–Crippen LogP) is 1.64. The number of aliphatic hydroxyl groups excluding tert-OH is 1. The second kappa shape index (κ2) is 5.55. The normalized spacial score (nSPS) is 11.9. The number of hydrogen-bond acceptors (Lipinski definition) is 3. The summed E-state index contributed by atoms with van der Waals surface area (Å²) in [6.45, 7) is 5.24. The summed E-state index contributed by atoms with van der Waals surface area (Å²) in [6.07, 6.45) is 0. The summed E-state index contributed by atoms with van der Waals surface area (Å²) in [4.78, 5) is 14.8. The van der Waals surface area contributed by atoms with Crippen LogP contribution in [-0.4, -0.2) is 23.2 Å². The maximum atomic E-state index is 11.9. The van der Waals surface area contributed by atoms with Gasteiger partial charge in [0.15, 0.2) is 0 Å². The average Bonchev–Trinajstić information content (AvgIpc) is 2.39. The fraction of sp³-hybridized carbons (Fsp3) is 0.400. The number of rotatable bonds is 5. The molecule has 0 unspecified atom stereocenters. The van der Waals surface area contributed by atoms with Gasteiger partial charge in [0.1, 0.15) is 0 Å². The van der Waals surface area contributed by atoms with E-state index in [1.165, 1.54) is 0 Å². The molecule has 0 spiro atoms. The molecule has 1 aromatic carbocycles. The highest BCUT2D eigenvalue weighted by atomic mass is 16.3. The molecule has 0 radical (unpaired) electrons. The van der Waals surface area contributed by atoms with Crippen molar-refractivity contribution in [2.45, 2.75) is 20.4 Å². The molecule has 0 bridgehead atoms. The molecule has 0 aliphatic carbocycles. The van der Waals surface area contributed by atoms with Gasteiger partial charge in [-0.25, -0.2) is 0 Å². The van der Waals surface area contributed by atoms with E-state index in [2.05, 4.69) is 10.3 Å². The Balaban J connectivity index is 2.13. The first kappa shape index (κ1) is 13.8. The number of aromatic amines is 1. The number of hydrogen-bond donors (Lipinski definition) is 3. The molecule has 0 aliphatic rings. The molecule has 3 N–H and O–H groups in total. The first-order valence-electron chi connectivity index (χ1n) is 6.44. The summed E-state index contributed by atoms with van der Waals surface area (Å²) in [5.41, 5.74) is 1.33. The van der Waals surface area contributed by atoms with Gasteiger partial charge in [-0.2, -0.15) is 0 Å². The van der Waals surface area contributed by atoms with E-state index < -0.39 is 0 Å². The third kappa shape index (κ3) is 3.43. The van der Waals surface area contributed by atoms with Gasteiger partial charge in [0, 0.05) is 36.2 Å². The number of aliphatic hydroxyl groups is 1. The van der Waals surface area contributed by atoms with Crippen molar-refractivity contribution in [2.75, 3.05) is 13.2 Å². The van der Waals surface area contributed by atoms with Crippen LogP contribution < -0.4 is 10.9 Å². The van der Waals surface area contributed by atoms with Crippen molar-refractivity contribution in [3.8, 4) is 0 Å². The minimum absolute atomic E-state index is 0.0620. The molecule has 19 heavy (non-hydrogen) atoms. The van der Waals surface area contributed by atoms with E-state index in [1.807, 2.05) is 44.2 Å². The van der Waals surface area contributed by atoms with Gasteiger partial charge >= 0.3 is 0 Å². The van der Waals surface area contributed by atoms with E-state index in [0.29, 0.717) is 18.7 Å². The van der Waals surface area contributed by atoms with Gasteiger partial charge in [-0.3, -0.25) is 4.79 Å². The van der Waals surface area contributed by atoms with Crippen LogP contribution in [0, 0.1) is 5.41 Å². The number of nitrogens with one attached hydrogen (secondary N) is 2. The van der Waals surface area contributed by atoms with Crippen LogP contribution in [0.5, 0.6) is 0 Å². The average molecular weight is 260 g/mol. The molecule has 102 valence electrons. The highest BCUT2D eigenvalue weighted by Gasteiger charge is 2.15. The van der Waals surface area contributed by atoms with Crippen molar-refractivity contribution >= 4 is 10.9 Å². The van der Waals surface area contributed by atoms with Crippen LogP contribution in [0.15, 0.2) is 35.1 Å². The van der Waals surface area contributed by atoms with E-state index in [9.17, 15) is 9.90 Å². The fourth-order valence-electron chi connectivity index (χ4n) is 1.92. The Labute approximate surface area is 112 Å². The number of para-hydroxylation sites is 1. The third-order valence-electron chi connectivity index (χ3n) is 3.18. The standard InChI is InChI=1S/C15H20N2O2/c1-15(2,10-18)9-16-8-12-7-11-5-3-4-6-13(11)17-14(12)19/h3-7,16,18H,8-10H2,1-2H3,(H,17,19). The Kier molecular flexibility index (Phi) is 4.02. The molecular weight excluding hydrogens is 240 g/mol. The van der Waals surface area contributed by atoms with Gasteiger partial charge in [-0.05, 0) is 17.5 Å². The molecule has 0 amide bonds. The van der Waals surface area contributed by atoms with Crippen molar-refractivity contribution in [3.63, 3.8) is 0 Å². The van der Waals surface area contributed by atoms with E-state index >= 15 is 0 Å². The van der Waals surface area contributed by atoms with Gasteiger partial charge < -0.3 is 15.4 Å². The summed E-state index contributed by atoms with van der Waals surface area (Å²) >= 11 is 0. The smallest absolute Gasteiger partial charge is 0.252 e. The molecule has 0 saturated carbocycles. The number of fused-ring (bicyclic) bond motifs is 1. The second-order valence-corrected chi connectivity index (χ2v) is 5.64. The van der Waals surface area contributed by atoms with Crippen LogP contribution >= 0.6 is 0 Å². The van der Waals surface area contributed by atoms with Crippen LogP contribution in [0.2, 0.25) is 0 Å². The molecule has 1 heterocycles. The van der Waals surface area contributed by atoms with Crippen LogP contribution in [0.3, 0.4) is 0 Å². The van der Waals surface area contributed by atoms with Crippen molar-refractivity contribution in [1.82, 2.24) is 10.3 Å². The quantitative estimate of drug-likeness (QED) is 0.765. The lowest BCUT2D eigenvalue weighted by Gasteiger charge is -2.21. The molecule has 1 aromatic heterocycles. The summed E-state index contributed by atoms with van der Waals surface area (Å²) in [5, 5.41) is 13.4. The topological polar surface area (TPSA) is 65.1 Å². The fourth-order valence-corrected chi connectivity index (χ4v) is 1.92. The molecule has 4 nitrogen and oxygen atoms in total. The van der Waals surface area contributed by atoms with Crippen LogP contribution in [-0.2, 0) is 6.54 Å². The maximum absolute atomic E-state index is 11.9. The summed E-state index contributed by atoms with van der Waals surface area (Å²) in [7, 11) is 0. The first-order valence-corrected chi connectivity index (χ1v) is 6.44. The zero-order valence-corrected chi connectivity index (χ0v) is 11.4. The minimum atomic E-state index is -0.177. The van der Waals surface area contributed by atoms with Gasteiger partial charge in [0.2, 0.25) is 0 Å². The summed E-state index contributed by atoms with van der Waals surface area (Å²) < 4.78 is 0. The number of aromatic nitrogens is 1. The van der Waals surface area contributed by atoms with Crippen LogP contribution in [0.1, 0.15) is 19.4 Å². The monoisotopic (exact) mass is 260 g/mol. The number of pyridine rings is 1. The van der Waals surface area contributed by atoms with Crippen LogP contribution in [0.4, 0.5) is 0 Å². The maximum Gasteiger partial charge on any atom is 0.252 e. The Morgan fingerprint density at radius 3 is 2.79 bits per heavy atom. The van der Waals surface area contributed by atoms with E-state index in [4.69, 9.17) is 0 Å². The highest BCUT2D eigenvalue weighted by molar-refractivity contribution is 5.78. The molecule has 0 saturated heterocycles. The van der Waals surface area contributed by atoms with Crippen molar-refractivity contribution in [1.29, 1.82) is 0 Å². The lowest BCUT2D eigenvalue weighted by Crippen LogP contribution is -2.33. The zero-order valence-electron chi connectivity index (χ0n) is 11.4. The van der Waals surface area contributed by atoms with Crippen molar-refractivity contribution in [3.05, 3.63) is 46.2 Å². The lowest BCUT2D eigenvalue weighted by atomic mass is 9.95. The summed E-state index contributed by atoms with van der Waals surface area (Å²) in [6, 6.07) is 9.63. The largest absolute Gasteiger partial charge is 0.396 e. The highest BCUT2D eigenvalue weighted by Crippen LogP contribution is 2.12. The molecule has 0 atom stereocenters. The second-order valence-electron chi connectivity index (χ2n) is 5.64. The minimum Gasteiger partial charge on any atom is -0.396 e. The van der Waals surface area contributed by atoms with Gasteiger partial charge in [-0.15, -0.1) is 0 Å². The molecular formula is C15H20N2O2. The molecule has 2 rings (SSSR count). The first-order chi connectivity index (χ1) is 9.02. The Hall–Kier alpha value is -1.65. The molecule has 4 heteroatoms. The Morgan fingerprint density at radius 1 is 1.32 bits per heavy atom. The summed E-state index contributed by atoms with van der Waals surface area (Å²) in [5.74, 6) is 0. The third-order valence-corrected chi connectivity index (χ3v) is 3.18. The van der Waals surface area contributed by atoms with Gasteiger partial charge in [0.25, 0.3) is 5.56 Å². The lowest BCUT2D eigenvalue weighted by molar-refractivity contribution is 0.156. The van der Waals surface area contributed by atoms with Gasteiger partial charge in [-0.1, -0.05) is 32.0 Å².